The summed E-state index contributed by atoms with van der Waals surface area (Å²) in [6, 6.07) is 0. The summed E-state index contributed by atoms with van der Waals surface area (Å²) in [5, 5.41) is 10.3. The Morgan fingerprint density at radius 2 is 1.50 bits per heavy atom. The Bertz CT molecular complexity index is 262. The predicted octanol–water partition coefficient (Wildman–Crippen LogP) is 0.444. The Morgan fingerprint density at radius 1 is 1.00 bits per heavy atom. The minimum Gasteiger partial charge on any atom is -0.475 e. The number of hydrogen-bond donors (Lipinski definition) is 1. The molecule has 14 heavy (non-hydrogen) atoms. The summed E-state index contributed by atoms with van der Waals surface area (Å²) in [4.78, 5) is 28.5. The van der Waals surface area contributed by atoms with Crippen LogP contribution in [0.4, 0.5) is 13.6 Å². The SMILES string of the molecule is O=C(O)/C(OF)=C(/OF)C(=O)OOF. The van der Waals surface area contributed by atoms with Crippen LogP contribution in [0.1, 0.15) is 0 Å². The smallest absolute Gasteiger partial charge is 0.419 e. The summed E-state index contributed by atoms with van der Waals surface area (Å²) >= 11 is 0. The van der Waals surface area contributed by atoms with Gasteiger partial charge in [-0.2, -0.15) is 0 Å². The number of rotatable bonds is 5. The van der Waals surface area contributed by atoms with E-state index in [0.717, 1.165) is 0 Å². The van der Waals surface area contributed by atoms with Crippen molar-refractivity contribution in [3.05, 3.63) is 11.5 Å². The molecule has 1 N–H and O–H groups in total. The van der Waals surface area contributed by atoms with Crippen LogP contribution >= 0.6 is 0 Å². The van der Waals surface area contributed by atoms with Crippen molar-refractivity contribution in [2.24, 2.45) is 0 Å². The van der Waals surface area contributed by atoms with E-state index in [4.69, 9.17) is 5.11 Å². The largest absolute Gasteiger partial charge is 0.475 e. The molecule has 0 aliphatic carbocycles. The highest BCUT2D eigenvalue weighted by molar-refractivity contribution is 5.96. The molecule has 0 bridgehead atoms. The molecule has 10 heteroatoms. The van der Waals surface area contributed by atoms with Crippen LogP contribution in [0, 0.1) is 0 Å². The second-order valence-electron chi connectivity index (χ2n) is 1.55. The van der Waals surface area contributed by atoms with E-state index < -0.39 is 23.5 Å². The number of carboxylic acid groups (broad SMARTS) is 1. The van der Waals surface area contributed by atoms with Gasteiger partial charge in [-0.05, 0) is 4.53 Å². The molecule has 0 aromatic carbocycles. The van der Waals surface area contributed by atoms with E-state index in [2.05, 4.69) is 19.9 Å². The third-order valence-corrected chi connectivity index (χ3v) is 0.847. The second kappa shape index (κ2) is 5.64. The van der Waals surface area contributed by atoms with E-state index in [-0.39, 0.29) is 0 Å². The molecule has 0 rings (SSSR count). The molecule has 0 radical (unpaired) electrons. The summed E-state index contributed by atoms with van der Waals surface area (Å²) in [6.07, 6.45) is 0. The summed E-state index contributed by atoms with van der Waals surface area (Å²) < 4.78 is 33.8. The summed E-state index contributed by atoms with van der Waals surface area (Å²) in [7, 11) is 0. The van der Waals surface area contributed by atoms with Crippen molar-refractivity contribution in [1.82, 2.24) is 0 Å². The summed E-state index contributed by atoms with van der Waals surface area (Å²) in [5.74, 6) is -7.99. The second-order valence-corrected chi connectivity index (χ2v) is 1.55. The van der Waals surface area contributed by atoms with Crippen LogP contribution < -0.4 is 0 Å². The van der Waals surface area contributed by atoms with Crippen LogP contribution in [0.15, 0.2) is 11.5 Å². The molecule has 0 aliphatic rings. The fourth-order valence-electron chi connectivity index (χ4n) is 0.391. The van der Waals surface area contributed by atoms with Crippen LogP contribution in [0.5, 0.6) is 0 Å². The molecular formula is C4HF3O7. The van der Waals surface area contributed by atoms with E-state index in [9.17, 15) is 23.2 Å². The van der Waals surface area contributed by atoms with E-state index in [0.29, 0.717) is 0 Å². The fraction of sp³-hybridized carbons (Fsp3) is 0. The highest BCUT2D eigenvalue weighted by atomic mass is 19.3. The van der Waals surface area contributed by atoms with Gasteiger partial charge in [0, 0.05) is 14.1 Å². The van der Waals surface area contributed by atoms with Crippen LogP contribution in [0.3, 0.4) is 0 Å². The molecule has 0 atom stereocenters. The Labute approximate surface area is 72.8 Å². The van der Waals surface area contributed by atoms with Crippen molar-refractivity contribution in [3.63, 3.8) is 0 Å². The van der Waals surface area contributed by atoms with E-state index in [1.54, 1.807) is 0 Å². The van der Waals surface area contributed by atoms with Crippen LogP contribution in [0.2, 0.25) is 0 Å². The van der Waals surface area contributed by atoms with E-state index in [1.807, 2.05) is 0 Å². The van der Waals surface area contributed by atoms with Gasteiger partial charge in [-0.1, -0.05) is 0 Å². The number of halogens is 3. The maximum atomic E-state index is 11.5. The lowest BCUT2D eigenvalue weighted by Gasteiger charge is -1.99. The first-order valence-electron chi connectivity index (χ1n) is 2.62. The predicted molar refractivity (Wildman–Crippen MR) is 27.3 cm³/mol. The van der Waals surface area contributed by atoms with Crippen LogP contribution in [-0.4, -0.2) is 17.0 Å². The lowest BCUT2D eigenvalue weighted by Crippen LogP contribution is -2.14. The van der Waals surface area contributed by atoms with Gasteiger partial charge >= 0.3 is 23.5 Å². The minimum absolute atomic E-state index is 1.86. The van der Waals surface area contributed by atoms with Gasteiger partial charge in [-0.3, -0.25) is 14.8 Å². The average Bonchev–Trinajstić information content (AvgIpc) is 2.13. The Balaban J connectivity index is 4.97. The molecule has 0 heterocycles. The molecule has 0 amide bonds. The first kappa shape index (κ1) is 12.0. The van der Waals surface area contributed by atoms with Crippen molar-refractivity contribution < 1.29 is 48.1 Å². The van der Waals surface area contributed by atoms with Crippen LogP contribution in [0.25, 0.3) is 0 Å². The van der Waals surface area contributed by atoms with Gasteiger partial charge in [0.05, 0.1) is 0 Å². The molecule has 0 unspecified atom stereocenters. The highest BCUT2D eigenvalue weighted by Gasteiger charge is 2.29. The zero-order valence-corrected chi connectivity index (χ0v) is 6.03. The van der Waals surface area contributed by atoms with Gasteiger partial charge in [-0.25, -0.2) is 9.59 Å². The third kappa shape index (κ3) is 2.82. The molecule has 0 spiro atoms. The zero-order chi connectivity index (χ0) is 11.1. The quantitative estimate of drug-likeness (QED) is 0.310. The Hall–Kier alpha value is -1.97. The first-order valence-corrected chi connectivity index (χ1v) is 2.62. The molecule has 0 fully saturated rings. The molecule has 0 aromatic heterocycles. The van der Waals surface area contributed by atoms with E-state index in [1.165, 1.54) is 0 Å². The van der Waals surface area contributed by atoms with Crippen molar-refractivity contribution in [3.8, 4) is 0 Å². The van der Waals surface area contributed by atoms with Gasteiger partial charge in [0.15, 0.2) is 0 Å². The molecule has 7 nitrogen and oxygen atoms in total. The maximum Gasteiger partial charge on any atom is 0.419 e. The minimum atomic E-state index is -2.18. The van der Waals surface area contributed by atoms with Gasteiger partial charge in [0.1, 0.15) is 0 Å². The monoisotopic (exact) mass is 218 g/mol. The number of hydrogen-bond acceptors (Lipinski definition) is 6. The maximum absolute atomic E-state index is 11.5. The lowest BCUT2D eigenvalue weighted by molar-refractivity contribution is -0.399. The Kier molecular flexibility index (Phi) is 4.84. The number of carboxylic acids is 1. The highest BCUT2D eigenvalue weighted by Crippen LogP contribution is 2.12. The van der Waals surface area contributed by atoms with Crippen molar-refractivity contribution in [1.29, 1.82) is 0 Å². The topological polar surface area (TPSA) is 91.3 Å². The van der Waals surface area contributed by atoms with Crippen molar-refractivity contribution >= 4 is 11.9 Å². The standard InChI is InChI=1S/C4HF3O7/c5-11-1(3(8)9)2(12-6)4(10)13-14-7/h(H,8,9)/b2-1-. The zero-order valence-electron chi connectivity index (χ0n) is 6.03. The normalized spacial score (nSPS) is 11.4. The fourth-order valence-corrected chi connectivity index (χ4v) is 0.391. The number of carbonyl (C=O) groups is 2. The molecule has 0 saturated carbocycles. The first-order chi connectivity index (χ1) is 6.58. The molecule has 80 valence electrons. The van der Waals surface area contributed by atoms with Crippen LogP contribution in [-0.2, 0) is 29.5 Å². The lowest BCUT2D eigenvalue weighted by atomic mass is 10.4. The molecule has 0 aromatic rings. The average molecular weight is 218 g/mol. The van der Waals surface area contributed by atoms with Gasteiger partial charge < -0.3 is 5.11 Å². The number of aliphatic carboxylic acids is 1. The van der Waals surface area contributed by atoms with Crippen molar-refractivity contribution in [2.75, 3.05) is 0 Å². The molecule has 0 aliphatic heterocycles. The van der Waals surface area contributed by atoms with E-state index >= 15 is 0 Å². The summed E-state index contributed by atoms with van der Waals surface area (Å²) in [5.41, 5.74) is 0. The molecular weight excluding hydrogens is 217 g/mol. The summed E-state index contributed by atoms with van der Waals surface area (Å²) in [6.45, 7) is 0. The van der Waals surface area contributed by atoms with Gasteiger partial charge in [0.2, 0.25) is 0 Å². The van der Waals surface area contributed by atoms with Gasteiger partial charge in [0.25, 0.3) is 0 Å². The van der Waals surface area contributed by atoms with Crippen molar-refractivity contribution in [2.45, 2.75) is 0 Å². The Morgan fingerprint density at radius 3 is 1.79 bits per heavy atom. The molecule has 0 saturated heterocycles. The third-order valence-electron chi connectivity index (χ3n) is 0.847. The number of carbonyl (C=O) groups excluding carboxylic acids is 1. The van der Waals surface area contributed by atoms with Gasteiger partial charge in [-0.15, -0.1) is 0 Å².